The minimum Gasteiger partial charge on any atom is -0.480 e. The zero-order valence-electron chi connectivity index (χ0n) is 16.2. The van der Waals surface area contributed by atoms with E-state index in [2.05, 4.69) is 0 Å². The van der Waals surface area contributed by atoms with Crippen LogP contribution in [-0.2, 0) is 4.79 Å². The molecule has 1 heterocycles. The molecule has 0 saturated carbocycles. The van der Waals surface area contributed by atoms with E-state index in [4.69, 9.17) is 34.0 Å². The lowest BCUT2D eigenvalue weighted by molar-refractivity contribution is -0.282. The molecule has 2 rings (SSSR count). The largest absolute Gasteiger partial charge is 0.480 e. The van der Waals surface area contributed by atoms with Gasteiger partial charge < -0.3 is 20.8 Å². The van der Waals surface area contributed by atoms with Gasteiger partial charge in [0.1, 0.15) is 6.04 Å². The van der Waals surface area contributed by atoms with Gasteiger partial charge in [0, 0.05) is 18.1 Å². The van der Waals surface area contributed by atoms with Gasteiger partial charge in [0.2, 0.25) is 0 Å². The predicted octanol–water partition coefficient (Wildman–Crippen LogP) is 4.43. The molecule has 30 heavy (non-hydrogen) atoms. The van der Waals surface area contributed by atoms with Crippen LogP contribution < -0.4 is 10.6 Å². The first-order valence-corrected chi connectivity index (χ1v) is 11.4. The van der Waals surface area contributed by atoms with Gasteiger partial charge in [-0.3, -0.25) is 4.79 Å². The fourth-order valence-electron chi connectivity index (χ4n) is 3.58. The summed E-state index contributed by atoms with van der Waals surface area (Å²) in [6.07, 6.45) is -4.71. The number of hydrogen-bond acceptors (Lipinski definition) is 5. The van der Waals surface area contributed by atoms with Gasteiger partial charge in [-0.15, -0.1) is 0 Å². The molecule has 2 unspecified atom stereocenters. The number of nitrogens with zero attached hydrogens (tertiary/aromatic N) is 1. The lowest BCUT2D eigenvalue weighted by Crippen LogP contribution is -2.55. The second-order valence-electron chi connectivity index (χ2n) is 7.37. The number of thioether (sulfide) groups is 1. The molecule has 0 aromatic heterocycles. The van der Waals surface area contributed by atoms with Crippen molar-refractivity contribution in [1.29, 1.82) is 0 Å². The van der Waals surface area contributed by atoms with Gasteiger partial charge in [-0.25, -0.2) is 0 Å². The normalized spacial score (nSPS) is 18.8. The lowest BCUT2D eigenvalue weighted by Gasteiger charge is -2.43. The standard InChI is InChI=1S/C19H25Cl2F3N2O3S/c20-13-1-2-16(14(21)11-13)26-7-3-12(4-8-26)18(29,19(22,23)24)6-10-30-9-5-15(25)17(27)28/h1-2,11-12,15,29H,3-10,25H2,(H,27,28). The van der Waals surface area contributed by atoms with Crippen molar-refractivity contribution in [1.82, 2.24) is 0 Å². The SMILES string of the molecule is NC(CCSCCC(O)(C1CCN(c2ccc(Cl)cc2Cl)CC1)C(F)(F)F)C(=O)O. The van der Waals surface area contributed by atoms with Gasteiger partial charge >= 0.3 is 12.1 Å². The van der Waals surface area contributed by atoms with Crippen LogP contribution in [0, 0.1) is 5.92 Å². The van der Waals surface area contributed by atoms with E-state index in [1.54, 1.807) is 18.2 Å². The highest BCUT2D eigenvalue weighted by Gasteiger charge is 2.57. The highest BCUT2D eigenvalue weighted by Crippen LogP contribution is 2.44. The number of aliphatic carboxylic acids is 1. The zero-order chi connectivity index (χ0) is 22.5. The molecule has 170 valence electrons. The maximum atomic E-state index is 13.8. The van der Waals surface area contributed by atoms with Gasteiger partial charge in [0.05, 0.1) is 10.7 Å². The summed E-state index contributed by atoms with van der Waals surface area (Å²) in [5.74, 6) is -1.70. The molecular formula is C19H25Cl2F3N2O3S. The third-order valence-corrected chi connectivity index (χ3v) is 6.98. The Hall–Kier alpha value is -0.870. The molecule has 0 spiro atoms. The predicted molar refractivity (Wildman–Crippen MR) is 115 cm³/mol. The number of alkyl halides is 3. The Labute approximate surface area is 187 Å². The van der Waals surface area contributed by atoms with Crippen LogP contribution in [-0.4, -0.2) is 58.6 Å². The molecule has 11 heteroatoms. The fourth-order valence-corrected chi connectivity index (χ4v) is 5.18. The molecule has 5 nitrogen and oxygen atoms in total. The molecular weight excluding hydrogens is 464 g/mol. The van der Waals surface area contributed by atoms with Crippen LogP contribution >= 0.6 is 35.0 Å². The first-order chi connectivity index (χ1) is 14.0. The molecule has 0 amide bonds. The molecule has 2 atom stereocenters. The minimum atomic E-state index is -4.75. The van der Waals surface area contributed by atoms with Crippen LogP contribution in [0.5, 0.6) is 0 Å². The highest BCUT2D eigenvalue weighted by molar-refractivity contribution is 7.99. The summed E-state index contributed by atoms with van der Waals surface area (Å²) in [5, 5.41) is 20.2. The number of halogens is 5. The van der Waals surface area contributed by atoms with Crippen LogP contribution in [0.4, 0.5) is 18.9 Å². The average Bonchev–Trinajstić information content (AvgIpc) is 2.66. The van der Waals surface area contributed by atoms with E-state index >= 15 is 0 Å². The van der Waals surface area contributed by atoms with Crippen LogP contribution in [0.15, 0.2) is 18.2 Å². The zero-order valence-corrected chi connectivity index (χ0v) is 18.5. The van der Waals surface area contributed by atoms with Crippen molar-refractivity contribution in [2.24, 2.45) is 11.7 Å². The van der Waals surface area contributed by atoms with E-state index in [0.29, 0.717) is 34.6 Å². The Morgan fingerprint density at radius 3 is 2.43 bits per heavy atom. The molecule has 1 fully saturated rings. The number of carbonyl (C=O) groups is 1. The van der Waals surface area contributed by atoms with E-state index in [1.165, 1.54) is 0 Å². The third kappa shape index (κ3) is 6.32. The number of nitrogens with two attached hydrogens (primary N) is 1. The summed E-state index contributed by atoms with van der Waals surface area (Å²) in [7, 11) is 0. The molecule has 0 aliphatic carbocycles. The number of hydrogen-bond donors (Lipinski definition) is 3. The Morgan fingerprint density at radius 2 is 1.90 bits per heavy atom. The van der Waals surface area contributed by atoms with Crippen molar-refractivity contribution < 1.29 is 28.2 Å². The smallest absolute Gasteiger partial charge is 0.417 e. The summed E-state index contributed by atoms with van der Waals surface area (Å²) >= 11 is 13.3. The van der Waals surface area contributed by atoms with Gasteiger partial charge in [0.25, 0.3) is 0 Å². The molecule has 1 aromatic carbocycles. The molecule has 1 aliphatic rings. The van der Waals surface area contributed by atoms with Crippen LogP contribution in [0.25, 0.3) is 0 Å². The van der Waals surface area contributed by atoms with E-state index < -0.39 is 36.1 Å². The summed E-state index contributed by atoms with van der Waals surface area (Å²) in [5.41, 5.74) is 3.31. The van der Waals surface area contributed by atoms with Crippen molar-refractivity contribution in [3.8, 4) is 0 Å². The number of rotatable bonds is 9. The Bertz CT molecular complexity index is 733. The van der Waals surface area contributed by atoms with Crippen molar-refractivity contribution in [2.75, 3.05) is 29.5 Å². The number of piperidine rings is 1. The summed E-state index contributed by atoms with van der Waals surface area (Å²) in [6, 6.07) is 3.96. The van der Waals surface area contributed by atoms with Crippen molar-refractivity contribution >= 4 is 46.6 Å². The number of carboxylic acids is 1. The van der Waals surface area contributed by atoms with Gasteiger partial charge in [0.15, 0.2) is 5.60 Å². The quantitative estimate of drug-likeness (QED) is 0.445. The number of benzene rings is 1. The van der Waals surface area contributed by atoms with Gasteiger partial charge in [-0.2, -0.15) is 24.9 Å². The third-order valence-electron chi connectivity index (χ3n) is 5.43. The summed E-state index contributed by atoms with van der Waals surface area (Å²) < 4.78 is 41.3. The molecule has 1 aromatic rings. The second kappa shape index (κ2) is 10.6. The molecule has 4 N–H and O–H groups in total. The first-order valence-electron chi connectivity index (χ1n) is 9.51. The number of anilines is 1. The maximum Gasteiger partial charge on any atom is 0.417 e. The van der Waals surface area contributed by atoms with Gasteiger partial charge in [-0.1, -0.05) is 23.2 Å². The van der Waals surface area contributed by atoms with E-state index in [0.717, 1.165) is 11.8 Å². The maximum absolute atomic E-state index is 13.8. The highest BCUT2D eigenvalue weighted by atomic mass is 35.5. The van der Waals surface area contributed by atoms with Crippen molar-refractivity contribution in [3.05, 3.63) is 28.2 Å². The Morgan fingerprint density at radius 1 is 1.27 bits per heavy atom. The molecule has 0 bridgehead atoms. The number of carboxylic acid groups (broad SMARTS) is 1. The van der Waals surface area contributed by atoms with Crippen LogP contribution in [0.3, 0.4) is 0 Å². The van der Waals surface area contributed by atoms with Crippen molar-refractivity contribution in [3.63, 3.8) is 0 Å². The summed E-state index contributed by atoms with van der Waals surface area (Å²) in [6.45, 7) is 0.677. The lowest BCUT2D eigenvalue weighted by atomic mass is 9.78. The molecule has 0 radical (unpaired) electrons. The first kappa shape index (κ1) is 25.4. The van der Waals surface area contributed by atoms with Crippen molar-refractivity contribution in [2.45, 2.75) is 43.5 Å². The van der Waals surface area contributed by atoms with Crippen LogP contribution in [0.1, 0.15) is 25.7 Å². The topological polar surface area (TPSA) is 86.8 Å². The van der Waals surface area contributed by atoms with E-state index in [9.17, 15) is 23.1 Å². The average molecular weight is 489 g/mol. The molecule has 1 aliphatic heterocycles. The minimum absolute atomic E-state index is 0.0611. The molecule has 1 saturated heterocycles. The van der Waals surface area contributed by atoms with E-state index in [-0.39, 0.29) is 25.0 Å². The number of aliphatic hydroxyl groups is 1. The van der Waals surface area contributed by atoms with Gasteiger partial charge in [-0.05, 0) is 61.3 Å². The fraction of sp³-hybridized carbons (Fsp3) is 0.632. The monoisotopic (exact) mass is 488 g/mol. The second-order valence-corrected chi connectivity index (χ2v) is 9.44. The Balaban J connectivity index is 1.95. The van der Waals surface area contributed by atoms with Crippen LogP contribution in [0.2, 0.25) is 10.0 Å². The summed E-state index contributed by atoms with van der Waals surface area (Å²) in [4.78, 5) is 12.6. The van der Waals surface area contributed by atoms with E-state index in [1.807, 2.05) is 4.90 Å². The Kier molecular flexibility index (Phi) is 9.00.